The second-order valence-corrected chi connectivity index (χ2v) is 7.18. The van der Waals surface area contributed by atoms with Crippen molar-refractivity contribution in [2.75, 3.05) is 25.7 Å². The van der Waals surface area contributed by atoms with E-state index in [1.807, 2.05) is 12.1 Å². The van der Waals surface area contributed by atoms with Crippen LogP contribution in [0.3, 0.4) is 0 Å². The van der Waals surface area contributed by atoms with E-state index >= 15 is 0 Å². The van der Waals surface area contributed by atoms with Gasteiger partial charge in [0.2, 0.25) is 11.8 Å². The van der Waals surface area contributed by atoms with Crippen molar-refractivity contribution in [1.29, 1.82) is 0 Å². The van der Waals surface area contributed by atoms with Crippen molar-refractivity contribution in [3.05, 3.63) is 58.2 Å². The minimum Gasteiger partial charge on any atom is -0.493 e. The molecule has 8 heteroatoms. The zero-order valence-corrected chi connectivity index (χ0v) is 17.2. The Morgan fingerprint density at radius 1 is 1.13 bits per heavy atom. The maximum Gasteiger partial charge on any atom is 0.363 e. The molecule has 0 radical (unpaired) electrons. The summed E-state index contributed by atoms with van der Waals surface area (Å²) in [6.45, 7) is 0.717. The van der Waals surface area contributed by atoms with E-state index in [1.165, 1.54) is 14.2 Å². The van der Waals surface area contributed by atoms with Gasteiger partial charge >= 0.3 is 5.97 Å². The van der Waals surface area contributed by atoms with Gasteiger partial charge in [-0.1, -0.05) is 11.6 Å². The van der Waals surface area contributed by atoms with Crippen LogP contribution in [0.4, 0.5) is 5.69 Å². The molecule has 2 heterocycles. The van der Waals surface area contributed by atoms with Crippen LogP contribution in [0.5, 0.6) is 11.5 Å². The lowest BCUT2D eigenvalue weighted by Crippen LogP contribution is -2.23. The quantitative estimate of drug-likeness (QED) is 0.536. The fourth-order valence-electron chi connectivity index (χ4n) is 3.42. The first-order valence-electron chi connectivity index (χ1n) is 9.35. The molecule has 7 nitrogen and oxygen atoms in total. The Labute approximate surface area is 178 Å². The van der Waals surface area contributed by atoms with E-state index in [4.69, 9.17) is 25.8 Å². The van der Waals surface area contributed by atoms with Gasteiger partial charge in [-0.25, -0.2) is 9.79 Å². The molecule has 0 N–H and O–H groups in total. The van der Waals surface area contributed by atoms with Crippen LogP contribution in [0.1, 0.15) is 24.0 Å². The van der Waals surface area contributed by atoms with Gasteiger partial charge in [0, 0.05) is 24.2 Å². The molecule has 4 rings (SSSR count). The summed E-state index contributed by atoms with van der Waals surface area (Å²) in [4.78, 5) is 30.2. The molecule has 0 aliphatic carbocycles. The second-order valence-electron chi connectivity index (χ2n) is 6.77. The Morgan fingerprint density at radius 3 is 2.53 bits per heavy atom. The van der Waals surface area contributed by atoms with Gasteiger partial charge in [0.15, 0.2) is 17.2 Å². The summed E-state index contributed by atoms with van der Waals surface area (Å²) in [7, 11) is 3.00. The highest BCUT2D eigenvalue weighted by molar-refractivity contribution is 6.32. The third-order valence-corrected chi connectivity index (χ3v) is 5.16. The molecule has 0 spiro atoms. The van der Waals surface area contributed by atoms with Gasteiger partial charge < -0.3 is 19.1 Å². The molecule has 0 unspecified atom stereocenters. The fraction of sp³-hybridized carbons (Fsp3) is 0.227. The third-order valence-electron chi connectivity index (χ3n) is 4.88. The van der Waals surface area contributed by atoms with Crippen molar-refractivity contribution in [2.24, 2.45) is 4.99 Å². The van der Waals surface area contributed by atoms with Crippen LogP contribution < -0.4 is 14.4 Å². The average Bonchev–Trinajstić information content (AvgIpc) is 3.33. The van der Waals surface area contributed by atoms with Crippen LogP contribution in [0.15, 0.2) is 47.1 Å². The Kier molecular flexibility index (Phi) is 5.46. The fourth-order valence-corrected chi connectivity index (χ4v) is 3.71. The summed E-state index contributed by atoms with van der Waals surface area (Å²) in [6, 6.07) is 10.6. The molecule has 0 atom stereocenters. The number of anilines is 1. The molecular formula is C22H19ClN2O5. The first kappa shape index (κ1) is 20.0. The number of nitrogens with zero attached hydrogens (tertiary/aromatic N) is 2. The summed E-state index contributed by atoms with van der Waals surface area (Å²) in [5, 5.41) is 0.353. The highest BCUT2D eigenvalue weighted by Gasteiger charge is 2.26. The van der Waals surface area contributed by atoms with Crippen molar-refractivity contribution < 1.29 is 23.8 Å². The number of carbonyl (C=O) groups is 2. The number of ether oxygens (including phenoxy) is 3. The van der Waals surface area contributed by atoms with E-state index < -0.39 is 5.97 Å². The number of amides is 1. The predicted octanol–water partition coefficient (Wildman–Crippen LogP) is 3.83. The number of benzene rings is 2. The van der Waals surface area contributed by atoms with Crippen molar-refractivity contribution in [1.82, 2.24) is 0 Å². The maximum absolute atomic E-state index is 12.3. The zero-order valence-electron chi connectivity index (χ0n) is 16.5. The van der Waals surface area contributed by atoms with Crippen LogP contribution in [0.2, 0.25) is 5.02 Å². The molecule has 2 aliphatic heterocycles. The number of aliphatic imine (C=N–C) groups is 1. The highest BCUT2D eigenvalue weighted by Crippen LogP contribution is 2.37. The maximum atomic E-state index is 12.3. The van der Waals surface area contributed by atoms with Crippen LogP contribution in [-0.2, 0) is 14.3 Å². The number of carbonyl (C=O) groups excluding carboxylic acids is 2. The monoisotopic (exact) mass is 426 g/mol. The second kappa shape index (κ2) is 8.20. The van der Waals surface area contributed by atoms with E-state index in [0.717, 1.165) is 18.7 Å². The summed E-state index contributed by atoms with van der Waals surface area (Å²) >= 11 is 6.22. The van der Waals surface area contributed by atoms with Gasteiger partial charge in [-0.2, -0.15) is 0 Å². The minimum absolute atomic E-state index is 0.117. The number of rotatable bonds is 5. The van der Waals surface area contributed by atoms with E-state index in [-0.39, 0.29) is 17.5 Å². The topological polar surface area (TPSA) is 77.4 Å². The molecule has 0 aromatic heterocycles. The number of methoxy groups -OCH3 is 2. The first-order chi connectivity index (χ1) is 14.5. The van der Waals surface area contributed by atoms with Gasteiger partial charge in [-0.05, 0) is 54.5 Å². The number of hydrogen-bond acceptors (Lipinski definition) is 6. The smallest absolute Gasteiger partial charge is 0.363 e. The number of cyclic esters (lactones) is 1. The first-order valence-corrected chi connectivity index (χ1v) is 9.73. The summed E-state index contributed by atoms with van der Waals surface area (Å²) in [5.74, 6) is 0.619. The average molecular weight is 427 g/mol. The SMILES string of the molecule is COc1cc(/C=C2/N=C(c3ccc(N4CCCC4=O)cc3)OC2=O)cc(Cl)c1OC. The van der Waals surface area contributed by atoms with Crippen molar-refractivity contribution in [2.45, 2.75) is 12.8 Å². The van der Waals surface area contributed by atoms with Crippen LogP contribution in [0.25, 0.3) is 6.08 Å². The van der Waals surface area contributed by atoms with E-state index in [9.17, 15) is 9.59 Å². The lowest BCUT2D eigenvalue weighted by Gasteiger charge is -2.15. The minimum atomic E-state index is -0.560. The molecule has 0 saturated carbocycles. The standard InChI is InChI=1S/C22H19ClN2O5/c1-28-18-12-13(10-16(23)20(18)29-2)11-17-22(27)30-21(24-17)14-5-7-15(8-6-14)25-9-3-4-19(25)26/h5-8,10-12H,3-4,9H2,1-2H3/b17-11+. The van der Waals surface area contributed by atoms with Crippen molar-refractivity contribution >= 4 is 41.1 Å². The molecule has 2 aromatic carbocycles. The summed E-state index contributed by atoms with van der Waals surface area (Å²) < 4.78 is 15.8. The molecule has 2 aliphatic rings. The molecule has 30 heavy (non-hydrogen) atoms. The van der Waals surface area contributed by atoms with Gasteiger partial charge in [-0.15, -0.1) is 0 Å². The zero-order chi connectivity index (χ0) is 21.3. The van der Waals surface area contributed by atoms with E-state index in [0.29, 0.717) is 34.1 Å². The Morgan fingerprint density at radius 2 is 1.90 bits per heavy atom. The predicted molar refractivity (Wildman–Crippen MR) is 113 cm³/mol. The highest BCUT2D eigenvalue weighted by atomic mass is 35.5. The van der Waals surface area contributed by atoms with Gasteiger partial charge in [-0.3, -0.25) is 4.79 Å². The Balaban J connectivity index is 1.60. The summed E-state index contributed by atoms with van der Waals surface area (Å²) in [5.41, 5.74) is 2.24. The lowest BCUT2D eigenvalue weighted by atomic mass is 10.1. The molecule has 1 amide bonds. The lowest BCUT2D eigenvalue weighted by molar-refractivity contribution is -0.130. The van der Waals surface area contributed by atoms with Gasteiger partial charge in [0.05, 0.1) is 19.2 Å². The largest absolute Gasteiger partial charge is 0.493 e. The van der Waals surface area contributed by atoms with Crippen LogP contribution in [0, 0.1) is 0 Å². The molecule has 2 aromatic rings. The Hall–Kier alpha value is -3.32. The molecule has 0 bridgehead atoms. The molecule has 1 fully saturated rings. The van der Waals surface area contributed by atoms with Gasteiger partial charge in [0.1, 0.15) is 0 Å². The number of hydrogen-bond donors (Lipinski definition) is 0. The number of halogens is 1. The molecule has 1 saturated heterocycles. The van der Waals surface area contributed by atoms with Crippen molar-refractivity contribution in [3.8, 4) is 11.5 Å². The van der Waals surface area contributed by atoms with E-state index in [2.05, 4.69) is 4.99 Å². The van der Waals surface area contributed by atoms with Gasteiger partial charge in [0.25, 0.3) is 0 Å². The van der Waals surface area contributed by atoms with Crippen LogP contribution >= 0.6 is 11.6 Å². The molecular weight excluding hydrogens is 408 g/mol. The summed E-state index contributed by atoms with van der Waals surface area (Å²) in [6.07, 6.45) is 3.00. The number of esters is 1. The van der Waals surface area contributed by atoms with Crippen molar-refractivity contribution in [3.63, 3.8) is 0 Å². The third kappa shape index (κ3) is 3.76. The molecule has 154 valence electrons. The Bertz CT molecular complexity index is 1080. The normalized spacial score (nSPS) is 17.4. The van der Waals surface area contributed by atoms with Crippen LogP contribution in [-0.4, -0.2) is 38.5 Å². The van der Waals surface area contributed by atoms with E-state index in [1.54, 1.807) is 35.2 Å².